The Labute approximate surface area is 186 Å². The van der Waals surface area contributed by atoms with Crippen LogP contribution in [-0.4, -0.2) is 81.6 Å². The van der Waals surface area contributed by atoms with Crippen LogP contribution in [0.3, 0.4) is 0 Å². The number of carbonyl (C=O) groups is 2. The lowest BCUT2D eigenvalue weighted by molar-refractivity contribution is -0.130. The van der Waals surface area contributed by atoms with E-state index >= 15 is 0 Å². The highest BCUT2D eigenvalue weighted by Crippen LogP contribution is 2.20. The summed E-state index contributed by atoms with van der Waals surface area (Å²) in [5.74, 6) is 1.01. The number of imide groups is 1. The largest absolute Gasteiger partial charge is 0.338 e. The molecule has 2 aromatic rings. The van der Waals surface area contributed by atoms with E-state index in [1.54, 1.807) is 26.0 Å². The summed E-state index contributed by atoms with van der Waals surface area (Å²) in [7, 11) is 0. The van der Waals surface area contributed by atoms with Gasteiger partial charge in [-0.3, -0.25) is 14.6 Å². The maximum Gasteiger partial charge on any atom is 0.325 e. The van der Waals surface area contributed by atoms with Gasteiger partial charge >= 0.3 is 6.03 Å². The van der Waals surface area contributed by atoms with Gasteiger partial charge in [-0.15, -0.1) is 0 Å². The van der Waals surface area contributed by atoms with Crippen LogP contribution in [0.4, 0.5) is 4.79 Å². The van der Waals surface area contributed by atoms with Gasteiger partial charge in [-0.2, -0.15) is 4.98 Å². The summed E-state index contributed by atoms with van der Waals surface area (Å²) in [5.41, 5.74) is 0.0722. The molecular weight excluding hydrogens is 420 g/mol. The number of amides is 3. The smallest absolute Gasteiger partial charge is 0.325 e. The fraction of sp³-hybridized carbons (Fsp3) is 0.524. The number of carbonyl (C=O) groups excluding carboxylic acids is 2. The predicted octanol–water partition coefficient (Wildman–Crippen LogP) is 2.23. The van der Waals surface area contributed by atoms with Gasteiger partial charge in [0.05, 0.1) is 6.54 Å². The molecule has 2 fully saturated rings. The average Bonchev–Trinajstić information content (AvgIpc) is 3.27. The Hall–Kier alpha value is -2.49. The SMILES string of the molecule is CC1(C)NC(=O)N(CCCN2CCN(Cc3nc(-c4ccc(Cl)cc4)no3)CC2)C1=O. The topological polar surface area (TPSA) is 94.8 Å². The van der Waals surface area contributed by atoms with Gasteiger partial charge < -0.3 is 14.7 Å². The van der Waals surface area contributed by atoms with Gasteiger partial charge in [0, 0.05) is 43.3 Å². The molecule has 3 amide bonds. The Morgan fingerprint density at radius 3 is 2.39 bits per heavy atom. The van der Waals surface area contributed by atoms with Crippen LogP contribution in [0.15, 0.2) is 28.8 Å². The van der Waals surface area contributed by atoms with Crippen molar-refractivity contribution in [2.75, 3.05) is 39.3 Å². The monoisotopic (exact) mass is 446 g/mol. The molecule has 0 radical (unpaired) electrons. The number of benzene rings is 1. The summed E-state index contributed by atoms with van der Waals surface area (Å²) < 4.78 is 5.41. The Kier molecular flexibility index (Phi) is 6.27. The van der Waals surface area contributed by atoms with E-state index in [1.165, 1.54) is 4.90 Å². The van der Waals surface area contributed by atoms with Gasteiger partial charge in [-0.1, -0.05) is 16.8 Å². The predicted molar refractivity (Wildman–Crippen MR) is 115 cm³/mol. The third kappa shape index (κ3) is 5.06. The maximum absolute atomic E-state index is 12.2. The van der Waals surface area contributed by atoms with Crippen molar-refractivity contribution in [3.63, 3.8) is 0 Å². The third-order valence-corrected chi connectivity index (χ3v) is 5.95. The van der Waals surface area contributed by atoms with Crippen molar-refractivity contribution in [3.05, 3.63) is 35.2 Å². The molecule has 3 heterocycles. The number of hydrogen-bond acceptors (Lipinski definition) is 7. The molecule has 0 unspecified atom stereocenters. The molecule has 1 aromatic heterocycles. The van der Waals surface area contributed by atoms with Crippen LogP contribution in [0, 0.1) is 0 Å². The Bertz CT molecular complexity index is 937. The Morgan fingerprint density at radius 2 is 1.74 bits per heavy atom. The van der Waals surface area contributed by atoms with Crippen LogP contribution < -0.4 is 5.32 Å². The number of nitrogens with zero attached hydrogens (tertiary/aromatic N) is 5. The number of urea groups is 1. The molecule has 0 atom stereocenters. The lowest BCUT2D eigenvalue weighted by atomic mass is 10.1. The minimum Gasteiger partial charge on any atom is -0.338 e. The molecule has 1 N–H and O–H groups in total. The summed E-state index contributed by atoms with van der Waals surface area (Å²) in [6, 6.07) is 7.06. The van der Waals surface area contributed by atoms with E-state index in [1.807, 2.05) is 12.1 Å². The van der Waals surface area contributed by atoms with E-state index in [9.17, 15) is 9.59 Å². The second kappa shape index (κ2) is 8.94. The first-order valence-electron chi connectivity index (χ1n) is 10.5. The molecule has 31 heavy (non-hydrogen) atoms. The highest BCUT2D eigenvalue weighted by atomic mass is 35.5. The molecule has 2 aliphatic heterocycles. The van der Waals surface area contributed by atoms with Crippen molar-refractivity contribution < 1.29 is 14.1 Å². The summed E-state index contributed by atoms with van der Waals surface area (Å²) in [4.78, 5) is 34.7. The molecular formula is C21H27ClN6O3. The molecule has 2 saturated heterocycles. The lowest BCUT2D eigenvalue weighted by Gasteiger charge is -2.34. The van der Waals surface area contributed by atoms with Gasteiger partial charge in [0.25, 0.3) is 5.91 Å². The average molecular weight is 447 g/mol. The van der Waals surface area contributed by atoms with Gasteiger partial charge in [0.2, 0.25) is 11.7 Å². The number of piperazine rings is 1. The van der Waals surface area contributed by atoms with Crippen molar-refractivity contribution in [2.45, 2.75) is 32.4 Å². The van der Waals surface area contributed by atoms with Gasteiger partial charge in [0.1, 0.15) is 5.54 Å². The van der Waals surface area contributed by atoms with Crippen LogP contribution in [0.1, 0.15) is 26.2 Å². The molecule has 0 bridgehead atoms. The van der Waals surface area contributed by atoms with E-state index in [-0.39, 0.29) is 11.9 Å². The quantitative estimate of drug-likeness (QED) is 0.651. The summed E-state index contributed by atoms with van der Waals surface area (Å²) in [6.07, 6.45) is 0.767. The molecule has 166 valence electrons. The van der Waals surface area contributed by atoms with Crippen molar-refractivity contribution in [1.82, 2.24) is 30.2 Å². The minimum atomic E-state index is -0.801. The maximum atomic E-state index is 12.2. The Morgan fingerprint density at radius 1 is 1.06 bits per heavy atom. The van der Waals surface area contributed by atoms with E-state index < -0.39 is 5.54 Å². The first-order chi connectivity index (χ1) is 14.8. The van der Waals surface area contributed by atoms with Crippen LogP contribution in [0.25, 0.3) is 11.4 Å². The molecule has 4 rings (SSSR count). The van der Waals surface area contributed by atoms with E-state index in [2.05, 4.69) is 25.3 Å². The fourth-order valence-electron chi connectivity index (χ4n) is 3.87. The molecule has 9 nitrogen and oxygen atoms in total. The number of nitrogens with one attached hydrogen (secondary N) is 1. The zero-order chi connectivity index (χ0) is 22.0. The molecule has 1 aromatic carbocycles. The first kappa shape index (κ1) is 21.7. The third-order valence-electron chi connectivity index (χ3n) is 5.69. The molecule has 10 heteroatoms. The highest BCUT2D eigenvalue weighted by Gasteiger charge is 2.43. The van der Waals surface area contributed by atoms with Crippen molar-refractivity contribution >= 4 is 23.5 Å². The second-order valence-electron chi connectivity index (χ2n) is 8.50. The highest BCUT2D eigenvalue weighted by molar-refractivity contribution is 6.30. The Balaban J connectivity index is 1.20. The van der Waals surface area contributed by atoms with Gasteiger partial charge in [0.15, 0.2) is 0 Å². The van der Waals surface area contributed by atoms with Gasteiger partial charge in [-0.25, -0.2) is 4.79 Å². The molecule has 0 aliphatic carbocycles. The number of aromatic nitrogens is 2. The number of hydrogen-bond donors (Lipinski definition) is 1. The zero-order valence-electron chi connectivity index (χ0n) is 17.8. The standard InChI is InChI=1S/C21H27ClN6O3/c1-21(2)19(29)28(20(30)24-21)9-3-8-26-10-12-27(13-11-26)14-17-23-18(25-31-17)15-4-6-16(22)7-5-15/h4-7H,3,8-14H2,1-2H3,(H,24,30). The van der Waals surface area contributed by atoms with Crippen molar-refractivity contribution in [2.24, 2.45) is 0 Å². The van der Waals surface area contributed by atoms with Crippen LogP contribution in [0.2, 0.25) is 5.02 Å². The lowest BCUT2D eigenvalue weighted by Crippen LogP contribution is -2.46. The van der Waals surface area contributed by atoms with Crippen molar-refractivity contribution in [3.8, 4) is 11.4 Å². The first-order valence-corrected chi connectivity index (χ1v) is 10.9. The molecule has 2 aliphatic rings. The van der Waals surface area contributed by atoms with E-state index in [4.69, 9.17) is 16.1 Å². The van der Waals surface area contributed by atoms with Crippen LogP contribution in [0.5, 0.6) is 0 Å². The molecule has 0 saturated carbocycles. The van der Waals surface area contributed by atoms with E-state index in [0.717, 1.165) is 44.7 Å². The number of halogens is 1. The van der Waals surface area contributed by atoms with Crippen LogP contribution >= 0.6 is 11.6 Å². The number of rotatable bonds is 7. The molecule has 0 spiro atoms. The normalized spacial score (nSPS) is 19.8. The zero-order valence-corrected chi connectivity index (χ0v) is 18.6. The minimum absolute atomic E-state index is 0.153. The summed E-state index contributed by atoms with van der Waals surface area (Å²) in [6.45, 7) is 9.02. The van der Waals surface area contributed by atoms with Crippen molar-refractivity contribution in [1.29, 1.82) is 0 Å². The summed E-state index contributed by atoms with van der Waals surface area (Å²) >= 11 is 5.92. The second-order valence-corrected chi connectivity index (χ2v) is 8.94. The summed E-state index contributed by atoms with van der Waals surface area (Å²) in [5, 5.41) is 7.45. The van der Waals surface area contributed by atoms with E-state index in [0.29, 0.717) is 29.8 Å². The van der Waals surface area contributed by atoms with Gasteiger partial charge in [-0.05, 0) is 51.1 Å². The fourth-order valence-corrected chi connectivity index (χ4v) is 4.00. The van der Waals surface area contributed by atoms with Crippen LogP contribution in [-0.2, 0) is 11.3 Å².